The van der Waals surface area contributed by atoms with Crippen LogP contribution in [0.4, 0.5) is 11.5 Å². The van der Waals surface area contributed by atoms with Gasteiger partial charge in [0.1, 0.15) is 5.82 Å². The second kappa shape index (κ2) is 9.14. The number of benzene rings is 1. The van der Waals surface area contributed by atoms with Crippen LogP contribution in [0.5, 0.6) is 0 Å². The summed E-state index contributed by atoms with van der Waals surface area (Å²) in [5.41, 5.74) is 2.97. The lowest BCUT2D eigenvalue weighted by Crippen LogP contribution is -2.32. The van der Waals surface area contributed by atoms with Gasteiger partial charge in [-0.15, -0.1) is 0 Å². The number of aliphatic carboxylic acids is 2. The highest BCUT2D eigenvalue weighted by Gasteiger charge is 2.24. The van der Waals surface area contributed by atoms with Gasteiger partial charge in [-0.3, -0.25) is 4.79 Å². The Kier molecular flexibility index (Phi) is 6.89. The number of para-hydroxylation sites is 1. The highest BCUT2D eigenvalue weighted by atomic mass is 16.4. The first kappa shape index (κ1) is 21.1. The van der Waals surface area contributed by atoms with Gasteiger partial charge in [0.2, 0.25) is 5.91 Å². The van der Waals surface area contributed by atoms with Crippen LogP contribution in [-0.4, -0.2) is 59.2 Å². The zero-order chi connectivity index (χ0) is 20.8. The molecule has 1 amide bonds. The van der Waals surface area contributed by atoms with E-state index in [1.165, 1.54) is 0 Å². The Hall–Kier alpha value is -3.20. The third-order valence-corrected chi connectivity index (χ3v) is 4.15. The lowest BCUT2D eigenvalue weighted by Gasteiger charge is -2.16. The summed E-state index contributed by atoms with van der Waals surface area (Å²) in [6, 6.07) is 8.26. The summed E-state index contributed by atoms with van der Waals surface area (Å²) in [7, 11) is 2.04. The molecule has 1 aliphatic heterocycles. The van der Waals surface area contributed by atoms with Crippen molar-refractivity contribution in [1.29, 1.82) is 0 Å². The van der Waals surface area contributed by atoms with Crippen molar-refractivity contribution in [2.75, 3.05) is 30.4 Å². The number of hydrogen-bond donors (Lipinski definition) is 4. The van der Waals surface area contributed by atoms with Crippen LogP contribution >= 0.6 is 0 Å². The minimum absolute atomic E-state index is 0.0122. The normalized spacial score (nSPS) is 12.4. The second-order valence-electron chi connectivity index (χ2n) is 6.67. The molecule has 0 unspecified atom stereocenters. The van der Waals surface area contributed by atoms with E-state index in [0.29, 0.717) is 6.54 Å². The van der Waals surface area contributed by atoms with Crippen molar-refractivity contribution >= 4 is 40.3 Å². The van der Waals surface area contributed by atoms with E-state index in [1.54, 1.807) is 0 Å². The number of nitrogens with zero attached hydrogens (tertiary/aromatic N) is 2. The van der Waals surface area contributed by atoms with Crippen LogP contribution in [0.1, 0.15) is 19.4 Å². The third kappa shape index (κ3) is 5.17. The van der Waals surface area contributed by atoms with Gasteiger partial charge in [-0.05, 0) is 12.5 Å². The molecule has 0 aliphatic carbocycles. The number of carboxylic acids is 2. The molecular formula is C19H24N4O5. The van der Waals surface area contributed by atoms with Crippen molar-refractivity contribution in [2.24, 2.45) is 0 Å². The molecule has 1 aromatic carbocycles. The molecule has 0 spiro atoms. The minimum atomic E-state index is -1.82. The second-order valence-corrected chi connectivity index (χ2v) is 6.67. The van der Waals surface area contributed by atoms with Gasteiger partial charge in [0.25, 0.3) is 0 Å². The van der Waals surface area contributed by atoms with E-state index >= 15 is 0 Å². The fraction of sp³-hybridized carbons (Fsp3) is 0.368. The fourth-order valence-corrected chi connectivity index (χ4v) is 2.80. The summed E-state index contributed by atoms with van der Waals surface area (Å²) < 4.78 is 0. The van der Waals surface area contributed by atoms with E-state index in [4.69, 9.17) is 24.8 Å². The average Bonchev–Trinajstić information content (AvgIpc) is 3.01. The van der Waals surface area contributed by atoms with E-state index in [-0.39, 0.29) is 11.9 Å². The summed E-state index contributed by atoms with van der Waals surface area (Å²) in [6.45, 7) is 5.31. The number of aromatic nitrogens is 1. The predicted octanol–water partition coefficient (Wildman–Crippen LogP) is 1.32. The quantitative estimate of drug-likeness (QED) is 0.577. The summed E-state index contributed by atoms with van der Waals surface area (Å²) in [6.07, 6.45) is 0.914. The molecule has 1 aromatic heterocycles. The smallest absolute Gasteiger partial charge is 0.414 e. The minimum Gasteiger partial charge on any atom is -0.473 e. The summed E-state index contributed by atoms with van der Waals surface area (Å²) in [4.78, 5) is 37.3. The van der Waals surface area contributed by atoms with Crippen LogP contribution in [0.3, 0.4) is 0 Å². The van der Waals surface area contributed by atoms with Crippen molar-refractivity contribution < 1.29 is 24.6 Å². The highest BCUT2D eigenvalue weighted by Crippen LogP contribution is 2.36. The van der Waals surface area contributed by atoms with Crippen molar-refractivity contribution in [3.63, 3.8) is 0 Å². The molecule has 2 heterocycles. The molecule has 0 radical (unpaired) electrons. The van der Waals surface area contributed by atoms with Crippen LogP contribution in [0.15, 0.2) is 24.3 Å². The van der Waals surface area contributed by atoms with Crippen LogP contribution in [-0.2, 0) is 20.8 Å². The number of carboxylic acid groups (broad SMARTS) is 2. The van der Waals surface area contributed by atoms with Crippen LogP contribution in [0.2, 0.25) is 0 Å². The number of anilines is 2. The van der Waals surface area contributed by atoms with E-state index in [2.05, 4.69) is 15.5 Å². The number of carbonyl (C=O) groups is 3. The van der Waals surface area contributed by atoms with Crippen LogP contribution < -0.4 is 15.5 Å². The molecule has 3 rings (SSSR count). The molecule has 4 N–H and O–H groups in total. The van der Waals surface area contributed by atoms with Gasteiger partial charge >= 0.3 is 11.9 Å². The van der Waals surface area contributed by atoms with Crippen molar-refractivity contribution in [2.45, 2.75) is 26.3 Å². The number of nitrogens with one attached hydrogen (secondary N) is 2. The Morgan fingerprint density at radius 3 is 2.43 bits per heavy atom. The van der Waals surface area contributed by atoms with E-state index in [9.17, 15) is 4.79 Å². The number of fused-ring (bicyclic) bond motifs is 2. The first-order valence-electron chi connectivity index (χ1n) is 8.83. The van der Waals surface area contributed by atoms with Gasteiger partial charge in [0.05, 0.1) is 17.7 Å². The summed E-state index contributed by atoms with van der Waals surface area (Å²) in [5, 5.41) is 22.0. The lowest BCUT2D eigenvalue weighted by molar-refractivity contribution is -0.159. The first-order valence-corrected chi connectivity index (χ1v) is 8.83. The summed E-state index contributed by atoms with van der Waals surface area (Å²) >= 11 is 0. The molecule has 9 heteroatoms. The Morgan fingerprint density at radius 1 is 1.18 bits per heavy atom. The number of carbonyl (C=O) groups excluding carboxylic acids is 1. The SMILES string of the molecule is CC(C)NCC(=O)Nc1c2c(nc3ccccc13)N(C)CC2.O=C(O)C(=O)O. The standard InChI is InChI=1S/C17H22N4O.C2H2O4/c1-11(2)18-10-15(22)20-16-12-6-4-5-7-14(12)19-17-13(16)8-9-21(17)3;3-1(4)2(5)6/h4-7,11,18H,8-10H2,1-3H3,(H,19,20,22);(H,3,4)(H,5,6). The number of likely N-dealkylation sites (N-methyl/N-ethyl adjacent to an activating group) is 1. The lowest BCUT2D eigenvalue weighted by atomic mass is 10.1. The van der Waals surface area contributed by atoms with E-state index in [0.717, 1.165) is 40.9 Å². The number of amides is 1. The van der Waals surface area contributed by atoms with E-state index < -0.39 is 11.9 Å². The van der Waals surface area contributed by atoms with Crippen molar-refractivity contribution in [1.82, 2.24) is 10.3 Å². The zero-order valence-electron chi connectivity index (χ0n) is 16.0. The molecule has 28 heavy (non-hydrogen) atoms. The Morgan fingerprint density at radius 2 is 1.82 bits per heavy atom. The molecule has 0 atom stereocenters. The predicted molar refractivity (Wildman–Crippen MR) is 106 cm³/mol. The van der Waals surface area contributed by atoms with Crippen LogP contribution in [0.25, 0.3) is 10.9 Å². The molecule has 0 saturated heterocycles. The maximum atomic E-state index is 12.2. The molecule has 9 nitrogen and oxygen atoms in total. The Balaban J connectivity index is 0.000000409. The van der Waals surface area contributed by atoms with E-state index in [1.807, 2.05) is 45.2 Å². The number of pyridine rings is 1. The fourth-order valence-electron chi connectivity index (χ4n) is 2.80. The number of hydrogen-bond acceptors (Lipinski definition) is 6. The maximum Gasteiger partial charge on any atom is 0.414 e. The van der Waals surface area contributed by atoms with Gasteiger partial charge in [0, 0.05) is 30.6 Å². The molecule has 1 aliphatic rings. The Bertz CT molecular complexity index is 885. The van der Waals surface area contributed by atoms with Gasteiger partial charge in [-0.1, -0.05) is 32.0 Å². The summed E-state index contributed by atoms with van der Waals surface area (Å²) in [5.74, 6) is -2.68. The molecular weight excluding hydrogens is 364 g/mol. The molecule has 2 aromatic rings. The average molecular weight is 388 g/mol. The first-order chi connectivity index (χ1) is 13.2. The van der Waals surface area contributed by atoms with Gasteiger partial charge in [0.15, 0.2) is 0 Å². The topological polar surface area (TPSA) is 132 Å². The monoisotopic (exact) mass is 388 g/mol. The van der Waals surface area contributed by atoms with Crippen molar-refractivity contribution in [3.8, 4) is 0 Å². The molecule has 0 fully saturated rings. The molecule has 150 valence electrons. The van der Waals surface area contributed by atoms with Crippen LogP contribution in [0, 0.1) is 0 Å². The third-order valence-electron chi connectivity index (χ3n) is 4.15. The Labute approximate surface area is 162 Å². The van der Waals surface area contributed by atoms with Gasteiger partial charge in [-0.2, -0.15) is 0 Å². The highest BCUT2D eigenvalue weighted by molar-refractivity contribution is 6.27. The zero-order valence-corrected chi connectivity index (χ0v) is 16.0. The number of rotatable bonds is 4. The largest absolute Gasteiger partial charge is 0.473 e. The molecule has 0 saturated carbocycles. The maximum absolute atomic E-state index is 12.2. The van der Waals surface area contributed by atoms with Gasteiger partial charge < -0.3 is 25.7 Å². The van der Waals surface area contributed by atoms with Crippen molar-refractivity contribution in [3.05, 3.63) is 29.8 Å². The molecule has 0 bridgehead atoms. The van der Waals surface area contributed by atoms with Gasteiger partial charge in [-0.25, -0.2) is 14.6 Å².